The molecule has 0 aromatic carbocycles. The second kappa shape index (κ2) is 5.64. The number of piperidine rings is 1. The van der Waals surface area contributed by atoms with Crippen LogP contribution in [0.2, 0.25) is 0 Å². The molecular formula is C13H22N2O3S. The predicted octanol–water partition coefficient (Wildman–Crippen LogP) is 1.52. The molecule has 2 heterocycles. The summed E-state index contributed by atoms with van der Waals surface area (Å²) in [5.41, 5.74) is 0. The Morgan fingerprint density at radius 2 is 2.21 bits per heavy atom. The van der Waals surface area contributed by atoms with Crippen molar-refractivity contribution in [3.05, 3.63) is 17.6 Å². The quantitative estimate of drug-likeness (QED) is 0.911. The van der Waals surface area contributed by atoms with Gasteiger partial charge in [0.25, 0.3) is 0 Å². The van der Waals surface area contributed by atoms with Crippen molar-refractivity contribution in [1.29, 1.82) is 0 Å². The highest BCUT2D eigenvalue weighted by atomic mass is 32.2. The van der Waals surface area contributed by atoms with Crippen LogP contribution in [0.1, 0.15) is 24.4 Å². The van der Waals surface area contributed by atoms with Crippen molar-refractivity contribution in [3.63, 3.8) is 0 Å². The summed E-state index contributed by atoms with van der Waals surface area (Å²) >= 11 is 0. The molecule has 1 atom stereocenters. The van der Waals surface area contributed by atoms with Gasteiger partial charge in [0, 0.05) is 13.1 Å². The summed E-state index contributed by atoms with van der Waals surface area (Å²) in [6, 6.07) is 1.62. The zero-order valence-corrected chi connectivity index (χ0v) is 12.6. The van der Waals surface area contributed by atoms with Gasteiger partial charge >= 0.3 is 0 Å². The van der Waals surface area contributed by atoms with Crippen LogP contribution in [0.15, 0.2) is 15.4 Å². The summed E-state index contributed by atoms with van der Waals surface area (Å²) in [7, 11) is -1.51. The van der Waals surface area contributed by atoms with Crippen LogP contribution in [-0.2, 0) is 10.0 Å². The minimum absolute atomic E-state index is 0.315. The maximum Gasteiger partial charge on any atom is 0.246 e. The van der Waals surface area contributed by atoms with Crippen LogP contribution in [0.3, 0.4) is 0 Å². The van der Waals surface area contributed by atoms with Crippen molar-refractivity contribution in [1.82, 2.24) is 9.62 Å². The fourth-order valence-corrected chi connectivity index (χ4v) is 4.48. The van der Waals surface area contributed by atoms with Crippen LogP contribution < -0.4 is 5.32 Å². The molecule has 19 heavy (non-hydrogen) atoms. The van der Waals surface area contributed by atoms with E-state index in [1.807, 2.05) is 7.05 Å². The van der Waals surface area contributed by atoms with Gasteiger partial charge in [-0.15, -0.1) is 0 Å². The zero-order chi connectivity index (χ0) is 14.0. The molecule has 5 nitrogen and oxygen atoms in total. The maximum absolute atomic E-state index is 12.6. The standard InChI is InChI=1S/C13H22N2O3S/c1-10-7-13(11(2)18-10)19(16,17)15-6-4-5-12(9-15)8-14-3/h7,12,14H,4-6,8-9H2,1-3H3/t12-/m0/s1. The number of hydrogen-bond donors (Lipinski definition) is 1. The van der Waals surface area contributed by atoms with Crippen molar-refractivity contribution in [2.24, 2.45) is 5.92 Å². The minimum Gasteiger partial charge on any atom is -0.465 e. The number of nitrogens with zero attached hydrogens (tertiary/aromatic N) is 1. The molecule has 6 heteroatoms. The van der Waals surface area contributed by atoms with Gasteiger partial charge in [-0.2, -0.15) is 4.31 Å². The van der Waals surface area contributed by atoms with E-state index in [4.69, 9.17) is 4.42 Å². The molecule has 1 aromatic heterocycles. The normalized spacial score (nSPS) is 21.7. The summed E-state index contributed by atoms with van der Waals surface area (Å²) < 4.78 is 32.2. The fourth-order valence-electron chi connectivity index (χ4n) is 2.70. The second-order valence-corrected chi connectivity index (χ2v) is 7.11. The molecule has 0 amide bonds. The SMILES string of the molecule is CNC[C@@H]1CCCN(S(=O)(=O)c2cc(C)oc2C)C1. The van der Waals surface area contributed by atoms with Gasteiger partial charge < -0.3 is 9.73 Å². The van der Waals surface area contributed by atoms with Gasteiger partial charge in [0.15, 0.2) is 0 Å². The smallest absolute Gasteiger partial charge is 0.246 e. The summed E-state index contributed by atoms with van der Waals surface area (Å²) in [6.45, 7) is 5.52. The van der Waals surface area contributed by atoms with Crippen LogP contribution in [0.4, 0.5) is 0 Å². The van der Waals surface area contributed by atoms with Gasteiger partial charge in [-0.1, -0.05) is 0 Å². The molecule has 108 valence electrons. The lowest BCUT2D eigenvalue weighted by Gasteiger charge is -2.31. The van der Waals surface area contributed by atoms with Gasteiger partial charge in [0.1, 0.15) is 16.4 Å². The van der Waals surface area contributed by atoms with Gasteiger partial charge in [0.05, 0.1) is 0 Å². The van der Waals surface area contributed by atoms with E-state index in [0.717, 1.165) is 19.4 Å². The molecule has 0 unspecified atom stereocenters. The van der Waals surface area contributed by atoms with E-state index in [9.17, 15) is 8.42 Å². The van der Waals surface area contributed by atoms with Gasteiger partial charge in [-0.3, -0.25) is 0 Å². The van der Waals surface area contributed by atoms with Gasteiger partial charge in [-0.25, -0.2) is 8.42 Å². The van der Waals surface area contributed by atoms with Crippen molar-refractivity contribution in [3.8, 4) is 0 Å². The monoisotopic (exact) mass is 286 g/mol. The third-order valence-electron chi connectivity index (χ3n) is 3.59. The van der Waals surface area contributed by atoms with Crippen molar-refractivity contribution >= 4 is 10.0 Å². The lowest BCUT2D eigenvalue weighted by molar-refractivity contribution is 0.263. The van der Waals surface area contributed by atoms with E-state index >= 15 is 0 Å². The summed E-state index contributed by atoms with van der Waals surface area (Å²) in [4.78, 5) is 0.315. The third-order valence-corrected chi connectivity index (χ3v) is 5.56. The topological polar surface area (TPSA) is 62.6 Å². The first kappa shape index (κ1) is 14.6. The number of hydrogen-bond acceptors (Lipinski definition) is 4. The number of sulfonamides is 1. The van der Waals surface area contributed by atoms with E-state index in [1.54, 1.807) is 24.2 Å². The molecule has 0 bridgehead atoms. The Morgan fingerprint density at radius 3 is 2.79 bits per heavy atom. The molecule has 0 radical (unpaired) electrons. The third kappa shape index (κ3) is 3.01. The molecule has 1 saturated heterocycles. The zero-order valence-electron chi connectivity index (χ0n) is 11.8. The highest BCUT2D eigenvalue weighted by Gasteiger charge is 2.32. The van der Waals surface area contributed by atoms with E-state index in [1.165, 1.54) is 0 Å². The average molecular weight is 286 g/mol. The Kier molecular flexibility index (Phi) is 4.32. The number of nitrogens with one attached hydrogen (secondary N) is 1. The molecule has 2 rings (SSSR count). The molecule has 1 aliphatic rings. The summed E-state index contributed by atoms with van der Waals surface area (Å²) in [6.07, 6.45) is 2.00. The molecule has 1 fully saturated rings. The molecule has 0 spiro atoms. The Hall–Kier alpha value is -0.850. The van der Waals surface area contributed by atoms with Crippen LogP contribution in [0, 0.1) is 19.8 Å². The molecule has 1 aliphatic heterocycles. The molecule has 0 saturated carbocycles. The second-order valence-electron chi connectivity index (χ2n) is 5.21. The van der Waals surface area contributed by atoms with Crippen LogP contribution in [-0.4, -0.2) is 39.4 Å². The van der Waals surface area contributed by atoms with Crippen LogP contribution in [0.5, 0.6) is 0 Å². The molecular weight excluding hydrogens is 264 g/mol. The summed E-state index contributed by atoms with van der Waals surface area (Å²) in [5, 5.41) is 3.12. The fraction of sp³-hybridized carbons (Fsp3) is 0.692. The Labute approximate surface area is 115 Å². The lowest BCUT2D eigenvalue weighted by Crippen LogP contribution is -2.42. The van der Waals surface area contributed by atoms with Crippen LogP contribution >= 0.6 is 0 Å². The first-order valence-electron chi connectivity index (χ1n) is 6.67. The number of furan rings is 1. The first-order valence-corrected chi connectivity index (χ1v) is 8.11. The highest BCUT2D eigenvalue weighted by Crippen LogP contribution is 2.27. The van der Waals surface area contributed by atoms with E-state index in [-0.39, 0.29) is 0 Å². The molecule has 1 N–H and O–H groups in total. The van der Waals surface area contributed by atoms with E-state index in [0.29, 0.717) is 35.4 Å². The molecule has 1 aromatic rings. The predicted molar refractivity (Wildman–Crippen MR) is 73.6 cm³/mol. The first-order chi connectivity index (χ1) is 8.95. The highest BCUT2D eigenvalue weighted by molar-refractivity contribution is 7.89. The Morgan fingerprint density at radius 1 is 1.47 bits per heavy atom. The number of rotatable bonds is 4. The van der Waals surface area contributed by atoms with E-state index < -0.39 is 10.0 Å². The van der Waals surface area contributed by atoms with Crippen molar-refractivity contribution in [2.75, 3.05) is 26.7 Å². The maximum atomic E-state index is 12.6. The average Bonchev–Trinajstić information content (AvgIpc) is 2.70. The lowest BCUT2D eigenvalue weighted by atomic mass is 10.00. The molecule has 0 aliphatic carbocycles. The van der Waals surface area contributed by atoms with E-state index in [2.05, 4.69) is 5.32 Å². The minimum atomic E-state index is -3.41. The van der Waals surface area contributed by atoms with Gasteiger partial charge in [-0.05, 0) is 52.3 Å². The van der Waals surface area contributed by atoms with Crippen molar-refractivity contribution < 1.29 is 12.8 Å². The van der Waals surface area contributed by atoms with Crippen molar-refractivity contribution in [2.45, 2.75) is 31.6 Å². The summed E-state index contributed by atoms with van der Waals surface area (Å²) in [5.74, 6) is 1.51. The largest absolute Gasteiger partial charge is 0.465 e. The Balaban J connectivity index is 2.22. The Bertz CT molecular complexity index is 534. The van der Waals surface area contributed by atoms with Crippen LogP contribution in [0.25, 0.3) is 0 Å². The van der Waals surface area contributed by atoms with Gasteiger partial charge in [0.2, 0.25) is 10.0 Å². The number of aryl methyl sites for hydroxylation is 2.